The van der Waals surface area contributed by atoms with E-state index in [0.717, 1.165) is 0 Å². The summed E-state index contributed by atoms with van der Waals surface area (Å²) in [6.45, 7) is 1.72. The Hall–Kier alpha value is -0.190. The van der Waals surface area contributed by atoms with E-state index in [2.05, 4.69) is 0 Å². The number of aryl methyl sites for hydroxylation is 1. The molecule has 0 radical (unpaired) electrons. The van der Waals surface area contributed by atoms with Gasteiger partial charge >= 0.3 is 0 Å². The first-order valence-electron chi connectivity index (χ1n) is 2.55. The van der Waals surface area contributed by atoms with Crippen molar-refractivity contribution >= 4 is 22.6 Å². The third kappa shape index (κ3) is 1.38. The number of hydrogen-bond donors (Lipinski definition) is 0. The Kier molecular flexibility index (Phi) is 2.00. The van der Waals surface area contributed by atoms with E-state index < -0.39 is 0 Å². The van der Waals surface area contributed by atoms with E-state index in [1.807, 2.05) is 28.7 Å². The summed E-state index contributed by atoms with van der Waals surface area (Å²) in [5, 5.41) is 0. The zero-order chi connectivity index (χ0) is 6.85. The predicted molar refractivity (Wildman–Crippen MR) is 40.6 cm³/mol. The number of aromatic nitrogens is 1. The van der Waals surface area contributed by atoms with Crippen molar-refractivity contribution in [1.29, 1.82) is 0 Å². The van der Waals surface area contributed by atoms with Crippen molar-refractivity contribution in [2.24, 2.45) is 0 Å². The lowest BCUT2D eigenvalue weighted by Crippen LogP contribution is -2.30. The normalized spacial score (nSPS) is 9.67. The van der Waals surface area contributed by atoms with Crippen LogP contribution in [0.4, 0.5) is 4.48 Å². The lowest BCUT2D eigenvalue weighted by molar-refractivity contribution is -0.858. The molecule has 48 valence electrons. The second-order valence-corrected chi connectivity index (χ2v) is 2.88. The Balaban J connectivity index is 3.25. The first kappa shape index (κ1) is 6.92. The maximum absolute atomic E-state index is 12.6. The first-order valence-corrected chi connectivity index (χ1v) is 3.63. The van der Waals surface area contributed by atoms with Crippen LogP contribution in [-0.2, 0) is 0 Å². The molecule has 0 aliphatic rings. The van der Waals surface area contributed by atoms with Gasteiger partial charge in [-0.3, -0.25) is 0 Å². The van der Waals surface area contributed by atoms with Crippen LogP contribution in [0, 0.1) is 10.6 Å². The van der Waals surface area contributed by atoms with E-state index in [4.69, 9.17) is 0 Å². The summed E-state index contributed by atoms with van der Waals surface area (Å²) in [4.78, 5) is 0.653. The zero-order valence-electron chi connectivity index (χ0n) is 4.94. The van der Waals surface area contributed by atoms with Gasteiger partial charge in [0.25, 0.3) is 3.70 Å². The van der Waals surface area contributed by atoms with Gasteiger partial charge in [-0.15, -0.1) is 0 Å². The predicted octanol–water partition coefficient (Wildman–Crippen LogP) is 1.62. The Bertz CT molecular complexity index is 204. The highest BCUT2D eigenvalue weighted by Gasteiger charge is 2.08. The fourth-order valence-electron chi connectivity index (χ4n) is 0.566. The molecule has 0 saturated heterocycles. The largest absolute Gasteiger partial charge is 0.288 e. The topological polar surface area (TPSA) is 3.88 Å². The van der Waals surface area contributed by atoms with E-state index in [1.165, 1.54) is 0 Å². The van der Waals surface area contributed by atoms with Crippen molar-refractivity contribution in [3.63, 3.8) is 0 Å². The molecule has 0 unspecified atom stereocenters. The van der Waals surface area contributed by atoms with Gasteiger partial charge in [0, 0.05) is 46.4 Å². The number of hydrogen-bond acceptors (Lipinski definition) is 0. The number of rotatable bonds is 0. The van der Waals surface area contributed by atoms with Crippen molar-refractivity contribution in [2.45, 2.75) is 6.92 Å². The van der Waals surface area contributed by atoms with Crippen LogP contribution in [0.1, 0.15) is 5.69 Å². The van der Waals surface area contributed by atoms with Crippen molar-refractivity contribution in [1.82, 2.24) is 0 Å². The van der Waals surface area contributed by atoms with Gasteiger partial charge in [0.05, 0.1) is 4.48 Å². The molecule has 0 aliphatic carbocycles. The maximum atomic E-state index is 12.6. The SMILES string of the molecule is Cc1cccc(I)[n+]1F. The Labute approximate surface area is 66.6 Å². The summed E-state index contributed by atoms with van der Waals surface area (Å²) >= 11 is 1.94. The molecule has 3 heteroatoms. The van der Waals surface area contributed by atoms with Gasteiger partial charge in [-0.05, 0) is 6.07 Å². The minimum Gasteiger partial charge on any atom is -0.0486 e. The van der Waals surface area contributed by atoms with Crippen molar-refractivity contribution in [2.75, 3.05) is 0 Å². The highest BCUT2D eigenvalue weighted by molar-refractivity contribution is 14.1. The molecule has 0 fully saturated rings. The summed E-state index contributed by atoms with van der Waals surface area (Å²) in [5.74, 6) is 0. The summed E-state index contributed by atoms with van der Waals surface area (Å²) in [6.07, 6.45) is 0. The fraction of sp³-hybridized carbons (Fsp3) is 0.167. The van der Waals surface area contributed by atoms with Crippen LogP contribution >= 0.6 is 22.6 Å². The van der Waals surface area contributed by atoms with Gasteiger partial charge < -0.3 is 0 Å². The maximum Gasteiger partial charge on any atom is 0.288 e. The van der Waals surface area contributed by atoms with E-state index in [9.17, 15) is 4.48 Å². The van der Waals surface area contributed by atoms with E-state index >= 15 is 0 Å². The molecule has 1 nitrogen and oxygen atoms in total. The van der Waals surface area contributed by atoms with Crippen molar-refractivity contribution < 1.29 is 9.27 Å². The molecule has 9 heavy (non-hydrogen) atoms. The number of halogens is 2. The number of pyridine rings is 1. The third-order valence-corrected chi connectivity index (χ3v) is 1.85. The zero-order valence-corrected chi connectivity index (χ0v) is 7.09. The van der Waals surface area contributed by atoms with Gasteiger partial charge in [-0.25, -0.2) is 0 Å². The molecule has 1 heterocycles. The average Bonchev–Trinajstić information content (AvgIpc) is 1.83. The summed E-state index contributed by atoms with van der Waals surface area (Å²) in [6, 6.07) is 5.27. The lowest BCUT2D eigenvalue weighted by Gasteiger charge is -1.85. The fourth-order valence-corrected chi connectivity index (χ4v) is 1.15. The summed E-state index contributed by atoms with van der Waals surface area (Å²) in [7, 11) is 0. The molecule has 0 saturated carbocycles. The lowest BCUT2D eigenvalue weighted by atomic mass is 10.4. The second kappa shape index (κ2) is 2.60. The molecule has 1 rings (SSSR count). The van der Waals surface area contributed by atoms with E-state index in [-0.39, 0.29) is 0 Å². The molecule has 1 aromatic heterocycles. The third-order valence-electron chi connectivity index (χ3n) is 1.07. The van der Waals surface area contributed by atoms with Crippen LogP contribution in [-0.4, -0.2) is 0 Å². The molecule has 0 bridgehead atoms. The molecule has 0 N–H and O–H groups in total. The van der Waals surface area contributed by atoms with E-state index in [0.29, 0.717) is 14.2 Å². The molecule has 0 atom stereocenters. The van der Waals surface area contributed by atoms with Crippen molar-refractivity contribution in [3.05, 3.63) is 27.6 Å². The Morgan fingerprint density at radius 1 is 1.56 bits per heavy atom. The Morgan fingerprint density at radius 2 is 2.22 bits per heavy atom. The second-order valence-electron chi connectivity index (χ2n) is 1.77. The van der Waals surface area contributed by atoms with Gasteiger partial charge in [0.2, 0.25) is 5.69 Å². The smallest absolute Gasteiger partial charge is 0.0486 e. The van der Waals surface area contributed by atoms with Crippen molar-refractivity contribution in [3.8, 4) is 0 Å². The Morgan fingerprint density at radius 3 is 2.67 bits per heavy atom. The molecule has 1 aromatic rings. The van der Waals surface area contributed by atoms with Gasteiger partial charge in [0.15, 0.2) is 0 Å². The van der Waals surface area contributed by atoms with E-state index in [1.54, 1.807) is 19.1 Å². The van der Waals surface area contributed by atoms with Crippen LogP contribution in [0.3, 0.4) is 0 Å². The molecular weight excluding hydrogens is 232 g/mol. The number of nitrogens with zero attached hydrogens (tertiary/aromatic N) is 1. The minimum absolute atomic E-state index is 0.604. The van der Waals surface area contributed by atoms with Gasteiger partial charge in [0.1, 0.15) is 0 Å². The summed E-state index contributed by atoms with van der Waals surface area (Å²) < 4.78 is 13.2. The molecule has 0 aromatic carbocycles. The van der Waals surface area contributed by atoms with Crippen LogP contribution in [0.2, 0.25) is 0 Å². The molecule has 0 amide bonds. The molecule has 0 aliphatic heterocycles. The van der Waals surface area contributed by atoms with Crippen LogP contribution in [0.25, 0.3) is 0 Å². The first-order chi connectivity index (χ1) is 4.22. The quantitative estimate of drug-likeness (QED) is 0.477. The van der Waals surface area contributed by atoms with Crippen LogP contribution < -0.4 is 4.79 Å². The monoisotopic (exact) mass is 238 g/mol. The molecule has 0 spiro atoms. The standard InChI is InChI=1S/C6H6FIN/c1-5-3-2-4-6(8)9(5)7/h2-4H,1H3/q+1. The van der Waals surface area contributed by atoms with Crippen LogP contribution in [0.5, 0.6) is 0 Å². The molecular formula is C6H6FIN+. The van der Waals surface area contributed by atoms with Crippen LogP contribution in [0.15, 0.2) is 18.2 Å². The van der Waals surface area contributed by atoms with Gasteiger partial charge in [-0.1, -0.05) is 0 Å². The highest BCUT2D eigenvalue weighted by atomic mass is 127. The highest BCUT2D eigenvalue weighted by Crippen LogP contribution is 1.98. The van der Waals surface area contributed by atoms with Gasteiger partial charge in [-0.2, -0.15) is 0 Å². The minimum atomic E-state index is 0.604. The average molecular weight is 238 g/mol. The summed E-state index contributed by atoms with van der Waals surface area (Å²) in [5.41, 5.74) is 0.627.